The molecule has 0 aliphatic carbocycles. The molecule has 0 saturated heterocycles. The second kappa shape index (κ2) is 7.31. The van der Waals surface area contributed by atoms with Gasteiger partial charge in [-0.05, 0) is 46.0 Å². The molecular formula is C13H20ClN3O2. The summed E-state index contributed by atoms with van der Waals surface area (Å²) in [6, 6.07) is 5.41. The van der Waals surface area contributed by atoms with Gasteiger partial charge in [-0.15, -0.1) is 0 Å². The van der Waals surface area contributed by atoms with Crippen LogP contribution in [0.25, 0.3) is 0 Å². The van der Waals surface area contributed by atoms with Crippen LogP contribution in [0.1, 0.15) is 20.3 Å². The van der Waals surface area contributed by atoms with E-state index in [1.807, 2.05) is 0 Å². The molecule has 1 rings (SSSR count). The van der Waals surface area contributed by atoms with Crippen molar-refractivity contribution in [1.29, 1.82) is 0 Å². The van der Waals surface area contributed by atoms with Crippen molar-refractivity contribution < 1.29 is 4.92 Å². The first-order valence-electron chi connectivity index (χ1n) is 6.30. The third-order valence-corrected chi connectivity index (χ3v) is 3.36. The van der Waals surface area contributed by atoms with E-state index < -0.39 is 4.92 Å². The van der Waals surface area contributed by atoms with Gasteiger partial charge < -0.3 is 10.2 Å². The molecule has 0 saturated carbocycles. The lowest BCUT2D eigenvalue weighted by atomic mass is 10.2. The van der Waals surface area contributed by atoms with Crippen LogP contribution >= 0.6 is 11.6 Å². The summed E-state index contributed by atoms with van der Waals surface area (Å²) in [6.45, 7) is 5.89. The number of benzene rings is 1. The zero-order chi connectivity index (χ0) is 14.4. The van der Waals surface area contributed by atoms with Crippen molar-refractivity contribution in [3.63, 3.8) is 0 Å². The average Bonchev–Trinajstić information content (AvgIpc) is 2.33. The van der Waals surface area contributed by atoms with Gasteiger partial charge >= 0.3 is 5.69 Å². The van der Waals surface area contributed by atoms with Crippen molar-refractivity contribution >= 4 is 23.0 Å². The molecule has 0 heterocycles. The summed E-state index contributed by atoms with van der Waals surface area (Å²) in [5.41, 5.74) is 0.422. The van der Waals surface area contributed by atoms with Crippen molar-refractivity contribution in [1.82, 2.24) is 4.90 Å². The van der Waals surface area contributed by atoms with E-state index in [4.69, 9.17) is 11.6 Å². The molecule has 1 aromatic carbocycles. The van der Waals surface area contributed by atoms with Gasteiger partial charge in [0.1, 0.15) is 10.7 Å². The summed E-state index contributed by atoms with van der Waals surface area (Å²) in [7, 11) is 2.06. The fourth-order valence-electron chi connectivity index (χ4n) is 1.65. The molecule has 0 fully saturated rings. The first-order chi connectivity index (χ1) is 8.93. The van der Waals surface area contributed by atoms with Crippen LogP contribution < -0.4 is 5.32 Å². The number of nitrogens with zero attached hydrogens (tertiary/aromatic N) is 2. The quantitative estimate of drug-likeness (QED) is 0.474. The lowest BCUT2D eigenvalue weighted by Crippen LogP contribution is -2.28. The Kier molecular flexibility index (Phi) is 6.05. The smallest absolute Gasteiger partial charge is 0.310 e. The Morgan fingerprint density at radius 1 is 1.47 bits per heavy atom. The molecule has 5 nitrogen and oxygen atoms in total. The number of anilines is 1. The molecule has 0 aliphatic rings. The minimum atomic E-state index is -0.453. The molecule has 6 heteroatoms. The second-order valence-corrected chi connectivity index (χ2v) is 5.15. The van der Waals surface area contributed by atoms with Crippen molar-refractivity contribution in [2.45, 2.75) is 26.3 Å². The number of hydrogen-bond acceptors (Lipinski definition) is 4. The Morgan fingerprint density at radius 2 is 2.16 bits per heavy atom. The average molecular weight is 286 g/mol. The first kappa shape index (κ1) is 15.7. The molecule has 0 spiro atoms. The van der Waals surface area contributed by atoms with Crippen LogP contribution in [0.3, 0.4) is 0 Å². The molecule has 0 amide bonds. The zero-order valence-electron chi connectivity index (χ0n) is 11.5. The predicted octanol–water partition coefficient (Wildman–Crippen LogP) is 3.39. The van der Waals surface area contributed by atoms with Gasteiger partial charge in [0.05, 0.1) is 4.92 Å². The highest BCUT2D eigenvalue weighted by atomic mass is 35.5. The van der Waals surface area contributed by atoms with E-state index in [9.17, 15) is 10.1 Å². The van der Waals surface area contributed by atoms with E-state index in [1.54, 1.807) is 12.1 Å². The summed E-state index contributed by atoms with van der Waals surface area (Å²) < 4.78 is 0. The van der Waals surface area contributed by atoms with Crippen LogP contribution in [-0.4, -0.2) is 36.0 Å². The van der Waals surface area contributed by atoms with Gasteiger partial charge in [-0.2, -0.15) is 0 Å². The van der Waals surface area contributed by atoms with Gasteiger partial charge in [0.2, 0.25) is 0 Å². The Labute approximate surface area is 118 Å². The second-order valence-electron chi connectivity index (χ2n) is 4.75. The number of para-hydroxylation sites is 1. The van der Waals surface area contributed by atoms with Gasteiger partial charge in [0.15, 0.2) is 0 Å². The third kappa shape index (κ3) is 4.69. The van der Waals surface area contributed by atoms with Crippen LogP contribution in [0, 0.1) is 10.1 Å². The van der Waals surface area contributed by atoms with E-state index in [0.717, 1.165) is 13.0 Å². The van der Waals surface area contributed by atoms with E-state index >= 15 is 0 Å². The maximum atomic E-state index is 10.9. The molecule has 0 unspecified atom stereocenters. The molecule has 0 atom stereocenters. The normalized spacial score (nSPS) is 11.1. The summed E-state index contributed by atoms with van der Waals surface area (Å²) in [6.07, 6.45) is 0.915. The Hall–Kier alpha value is -1.33. The molecule has 0 radical (unpaired) electrons. The number of nitro groups is 1. The molecular weight excluding hydrogens is 266 g/mol. The molecule has 0 aromatic heterocycles. The minimum Gasteiger partial charge on any atom is -0.379 e. The van der Waals surface area contributed by atoms with Gasteiger partial charge in [0.25, 0.3) is 0 Å². The van der Waals surface area contributed by atoms with Crippen LogP contribution in [0.4, 0.5) is 11.4 Å². The topological polar surface area (TPSA) is 58.4 Å². The number of halogens is 1. The van der Waals surface area contributed by atoms with Crippen LogP contribution in [0.15, 0.2) is 18.2 Å². The van der Waals surface area contributed by atoms with Crippen LogP contribution in [0.2, 0.25) is 5.02 Å². The fourth-order valence-corrected chi connectivity index (χ4v) is 1.90. The highest BCUT2D eigenvalue weighted by molar-refractivity contribution is 6.33. The van der Waals surface area contributed by atoms with Gasteiger partial charge in [-0.1, -0.05) is 17.7 Å². The molecule has 106 valence electrons. The van der Waals surface area contributed by atoms with Crippen LogP contribution in [0.5, 0.6) is 0 Å². The van der Waals surface area contributed by atoms with Gasteiger partial charge in [-0.25, -0.2) is 0 Å². The van der Waals surface area contributed by atoms with Crippen molar-refractivity contribution in [3.05, 3.63) is 33.3 Å². The summed E-state index contributed by atoms with van der Waals surface area (Å²) >= 11 is 5.84. The number of nitrogens with one attached hydrogen (secondary N) is 1. The SMILES string of the molecule is CC(C)N(C)CCCNc1cccc(Cl)c1[N+](=O)[O-]. The zero-order valence-corrected chi connectivity index (χ0v) is 12.3. The van der Waals surface area contributed by atoms with Crippen LogP contribution in [-0.2, 0) is 0 Å². The maximum Gasteiger partial charge on any atom is 0.310 e. The summed E-state index contributed by atoms with van der Waals surface area (Å²) in [5, 5.41) is 14.2. The van der Waals surface area contributed by atoms with Crippen molar-refractivity contribution in [2.24, 2.45) is 0 Å². The Morgan fingerprint density at radius 3 is 2.74 bits per heavy atom. The third-order valence-electron chi connectivity index (χ3n) is 3.05. The Bertz CT molecular complexity index is 438. The monoisotopic (exact) mass is 285 g/mol. The van der Waals surface area contributed by atoms with Gasteiger partial charge in [-0.3, -0.25) is 10.1 Å². The Balaban J connectivity index is 2.54. The van der Waals surface area contributed by atoms with E-state index in [1.165, 1.54) is 6.07 Å². The number of nitro benzene ring substituents is 1. The lowest BCUT2D eigenvalue weighted by molar-refractivity contribution is -0.383. The van der Waals surface area contributed by atoms with Gasteiger partial charge in [0, 0.05) is 12.6 Å². The van der Waals surface area contributed by atoms with E-state index in [-0.39, 0.29) is 10.7 Å². The molecule has 0 aliphatic heterocycles. The van der Waals surface area contributed by atoms with Crippen molar-refractivity contribution in [3.8, 4) is 0 Å². The highest BCUT2D eigenvalue weighted by Gasteiger charge is 2.17. The standard InChI is InChI=1S/C13H20ClN3O2/c1-10(2)16(3)9-5-8-15-12-7-4-6-11(14)13(12)17(18)19/h4,6-7,10,15H,5,8-9H2,1-3H3. The number of hydrogen-bond donors (Lipinski definition) is 1. The summed E-state index contributed by atoms with van der Waals surface area (Å²) in [4.78, 5) is 12.7. The fraction of sp³-hybridized carbons (Fsp3) is 0.538. The largest absolute Gasteiger partial charge is 0.379 e. The minimum absolute atomic E-state index is 0.0543. The van der Waals surface area contributed by atoms with Crippen molar-refractivity contribution in [2.75, 3.05) is 25.5 Å². The summed E-state index contributed by atoms with van der Waals surface area (Å²) in [5.74, 6) is 0. The molecule has 0 bridgehead atoms. The highest BCUT2D eigenvalue weighted by Crippen LogP contribution is 2.32. The maximum absolute atomic E-state index is 10.9. The van der Waals surface area contributed by atoms with E-state index in [2.05, 4.69) is 31.1 Å². The predicted molar refractivity (Wildman–Crippen MR) is 79.0 cm³/mol. The molecule has 1 aromatic rings. The molecule has 19 heavy (non-hydrogen) atoms. The van der Waals surface area contributed by atoms with E-state index in [0.29, 0.717) is 18.3 Å². The number of rotatable bonds is 7. The lowest BCUT2D eigenvalue weighted by Gasteiger charge is -2.20. The first-order valence-corrected chi connectivity index (χ1v) is 6.68. The molecule has 1 N–H and O–H groups in total.